The van der Waals surface area contributed by atoms with Crippen LogP contribution in [0.3, 0.4) is 0 Å². The van der Waals surface area contributed by atoms with Gasteiger partial charge in [0.25, 0.3) is 10.0 Å². The lowest BCUT2D eigenvalue weighted by Crippen LogP contribution is -2.34. The van der Waals surface area contributed by atoms with Crippen LogP contribution in [0.4, 0.5) is 5.69 Å². The number of sulfonamides is 1. The number of fused-ring (bicyclic) bond motifs is 1. The van der Waals surface area contributed by atoms with E-state index in [4.69, 9.17) is 14.6 Å². The molecule has 3 rings (SSSR count). The SMILES string of the molecule is COc1ccc(S(=O)(=O)N2CC(NCC(=O)O)c3cc(OC)ccc32)cc1. The standard InChI is InChI=1S/C18H20N2O6S/c1-25-12-3-6-14(7-4-12)27(23,24)20-11-16(19-10-18(21)22)15-9-13(26-2)5-8-17(15)20/h3-9,16,19H,10-11H2,1-2H3,(H,21,22). The summed E-state index contributed by atoms with van der Waals surface area (Å²) in [5.41, 5.74) is 1.17. The molecular weight excluding hydrogens is 372 g/mol. The third kappa shape index (κ3) is 3.69. The lowest BCUT2D eigenvalue weighted by Gasteiger charge is -2.20. The number of rotatable bonds is 7. The van der Waals surface area contributed by atoms with E-state index in [2.05, 4.69) is 5.32 Å². The first-order valence-corrected chi connectivity index (χ1v) is 9.60. The van der Waals surface area contributed by atoms with Crippen LogP contribution in [0.25, 0.3) is 0 Å². The molecule has 1 heterocycles. The van der Waals surface area contributed by atoms with E-state index >= 15 is 0 Å². The Balaban J connectivity index is 1.99. The van der Waals surface area contributed by atoms with E-state index in [0.717, 1.165) is 0 Å². The summed E-state index contributed by atoms with van der Waals surface area (Å²) in [7, 11) is -0.796. The fourth-order valence-electron chi connectivity index (χ4n) is 3.02. The van der Waals surface area contributed by atoms with Gasteiger partial charge in [0.2, 0.25) is 0 Å². The summed E-state index contributed by atoms with van der Waals surface area (Å²) in [5.74, 6) is 0.108. The minimum absolute atomic E-state index is 0.0874. The molecule has 1 aliphatic rings. The molecule has 0 bridgehead atoms. The third-order valence-corrected chi connectivity index (χ3v) is 6.17. The summed E-state index contributed by atoms with van der Waals surface area (Å²) in [4.78, 5) is 11.0. The highest BCUT2D eigenvalue weighted by Crippen LogP contribution is 2.40. The van der Waals surface area contributed by atoms with Crippen LogP contribution in [0.15, 0.2) is 47.4 Å². The first-order chi connectivity index (χ1) is 12.9. The number of methoxy groups -OCH3 is 2. The summed E-state index contributed by atoms with van der Waals surface area (Å²) < 4.78 is 37.9. The number of carbonyl (C=O) groups is 1. The minimum Gasteiger partial charge on any atom is -0.497 e. The molecule has 2 aromatic rings. The topological polar surface area (TPSA) is 105 Å². The van der Waals surface area contributed by atoms with Gasteiger partial charge in [0.15, 0.2) is 0 Å². The van der Waals surface area contributed by atoms with Gasteiger partial charge in [0.1, 0.15) is 11.5 Å². The molecular formula is C18H20N2O6S. The molecule has 0 saturated carbocycles. The summed E-state index contributed by atoms with van der Waals surface area (Å²) in [6, 6.07) is 10.7. The molecule has 1 unspecified atom stereocenters. The van der Waals surface area contributed by atoms with Gasteiger partial charge in [-0.15, -0.1) is 0 Å². The lowest BCUT2D eigenvalue weighted by atomic mass is 10.1. The monoisotopic (exact) mass is 392 g/mol. The average Bonchev–Trinajstić information content (AvgIpc) is 3.05. The Morgan fingerprint density at radius 2 is 1.78 bits per heavy atom. The number of nitrogens with zero attached hydrogens (tertiary/aromatic N) is 1. The number of hydrogen-bond donors (Lipinski definition) is 2. The van der Waals surface area contributed by atoms with Crippen molar-refractivity contribution >= 4 is 21.7 Å². The van der Waals surface area contributed by atoms with Crippen LogP contribution in [0.2, 0.25) is 0 Å². The Morgan fingerprint density at radius 1 is 1.15 bits per heavy atom. The fraction of sp³-hybridized carbons (Fsp3) is 0.278. The molecule has 144 valence electrons. The highest BCUT2D eigenvalue weighted by atomic mass is 32.2. The van der Waals surface area contributed by atoms with E-state index < -0.39 is 22.0 Å². The number of anilines is 1. The number of hydrogen-bond acceptors (Lipinski definition) is 6. The van der Waals surface area contributed by atoms with Crippen LogP contribution in [-0.2, 0) is 14.8 Å². The maximum Gasteiger partial charge on any atom is 0.317 e. The van der Waals surface area contributed by atoms with Gasteiger partial charge in [-0.05, 0) is 48.0 Å². The third-order valence-electron chi connectivity index (χ3n) is 4.37. The maximum atomic E-state index is 13.1. The number of ether oxygens (including phenoxy) is 2. The zero-order chi connectivity index (χ0) is 19.6. The highest BCUT2D eigenvalue weighted by molar-refractivity contribution is 7.92. The van der Waals surface area contributed by atoms with Gasteiger partial charge in [-0.1, -0.05) is 0 Å². The van der Waals surface area contributed by atoms with Crippen molar-refractivity contribution in [3.8, 4) is 11.5 Å². The number of carboxylic acids is 1. The molecule has 1 atom stereocenters. The Morgan fingerprint density at radius 3 is 2.37 bits per heavy atom. The molecule has 0 radical (unpaired) electrons. The van der Waals surface area contributed by atoms with Gasteiger partial charge in [0, 0.05) is 0 Å². The molecule has 0 spiro atoms. The largest absolute Gasteiger partial charge is 0.497 e. The molecule has 0 aromatic heterocycles. The Hall–Kier alpha value is -2.78. The Kier molecular flexibility index (Phi) is 5.24. The summed E-state index contributed by atoms with van der Waals surface area (Å²) in [6.07, 6.45) is 0. The maximum absolute atomic E-state index is 13.1. The molecule has 0 aliphatic carbocycles. The van der Waals surface area contributed by atoms with Gasteiger partial charge < -0.3 is 14.6 Å². The number of nitrogens with one attached hydrogen (secondary N) is 1. The number of aliphatic carboxylic acids is 1. The first kappa shape index (κ1) is 19.0. The van der Waals surface area contributed by atoms with E-state index in [-0.39, 0.29) is 18.0 Å². The van der Waals surface area contributed by atoms with Crippen molar-refractivity contribution in [2.45, 2.75) is 10.9 Å². The van der Waals surface area contributed by atoms with Gasteiger partial charge in [0.05, 0.1) is 43.9 Å². The van der Waals surface area contributed by atoms with Crippen LogP contribution in [0.5, 0.6) is 11.5 Å². The van der Waals surface area contributed by atoms with Crippen LogP contribution in [0, 0.1) is 0 Å². The second kappa shape index (κ2) is 7.45. The summed E-state index contributed by atoms with van der Waals surface area (Å²) >= 11 is 0. The van der Waals surface area contributed by atoms with Crippen molar-refractivity contribution in [3.63, 3.8) is 0 Å². The zero-order valence-electron chi connectivity index (χ0n) is 14.9. The van der Waals surface area contributed by atoms with Crippen molar-refractivity contribution < 1.29 is 27.8 Å². The summed E-state index contributed by atoms with van der Waals surface area (Å²) in [5, 5.41) is 11.8. The molecule has 27 heavy (non-hydrogen) atoms. The predicted octanol–water partition coefficient (Wildman–Crippen LogP) is 1.63. The zero-order valence-corrected chi connectivity index (χ0v) is 15.7. The van der Waals surface area contributed by atoms with E-state index in [1.165, 1.54) is 30.7 Å². The van der Waals surface area contributed by atoms with Crippen molar-refractivity contribution in [1.29, 1.82) is 0 Å². The van der Waals surface area contributed by atoms with Gasteiger partial charge in [-0.2, -0.15) is 0 Å². The molecule has 2 aromatic carbocycles. The molecule has 0 fully saturated rings. The quantitative estimate of drug-likeness (QED) is 0.738. The molecule has 0 saturated heterocycles. The van der Waals surface area contributed by atoms with Crippen molar-refractivity contribution in [1.82, 2.24) is 5.32 Å². The van der Waals surface area contributed by atoms with E-state index in [1.54, 1.807) is 30.3 Å². The van der Waals surface area contributed by atoms with Crippen molar-refractivity contribution in [2.75, 3.05) is 31.6 Å². The summed E-state index contributed by atoms with van der Waals surface area (Å²) in [6.45, 7) is -0.193. The van der Waals surface area contributed by atoms with Crippen molar-refractivity contribution in [3.05, 3.63) is 48.0 Å². The van der Waals surface area contributed by atoms with Gasteiger partial charge in [-0.3, -0.25) is 14.4 Å². The normalized spacial score (nSPS) is 16.1. The fourth-order valence-corrected chi connectivity index (χ4v) is 4.52. The second-order valence-electron chi connectivity index (χ2n) is 5.96. The Labute approximate surface area is 157 Å². The van der Waals surface area contributed by atoms with E-state index in [0.29, 0.717) is 22.7 Å². The van der Waals surface area contributed by atoms with E-state index in [1.807, 2.05) is 0 Å². The van der Waals surface area contributed by atoms with Crippen LogP contribution < -0.4 is 19.1 Å². The van der Waals surface area contributed by atoms with Crippen LogP contribution in [-0.4, -0.2) is 46.8 Å². The predicted molar refractivity (Wildman–Crippen MR) is 98.9 cm³/mol. The van der Waals surface area contributed by atoms with Crippen LogP contribution in [0.1, 0.15) is 11.6 Å². The highest BCUT2D eigenvalue weighted by Gasteiger charge is 2.37. The van der Waals surface area contributed by atoms with Crippen LogP contribution >= 0.6 is 0 Å². The van der Waals surface area contributed by atoms with Crippen molar-refractivity contribution in [2.24, 2.45) is 0 Å². The average molecular weight is 392 g/mol. The van der Waals surface area contributed by atoms with Gasteiger partial charge >= 0.3 is 5.97 Å². The molecule has 8 nitrogen and oxygen atoms in total. The molecule has 2 N–H and O–H groups in total. The molecule has 9 heteroatoms. The number of benzene rings is 2. The Bertz CT molecular complexity index is 943. The lowest BCUT2D eigenvalue weighted by molar-refractivity contribution is -0.136. The molecule has 1 aliphatic heterocycles. The number of carboxylic acid groups (broad SMARTS) is 1. The van der Waals surface area contributed by atoms with Gasteiger partial charge in [-0.25, -0.2) is 8.42 Å². The molecule has 0 amide bonds. The minimum atomic E-state index is -3.82. The first-order valence-electron chi connectivity index (χ1n) is 8.16. The van der Waals surface area contributed by atoms with E-state index in [9.17, 15) is 13.2 Å². The smallest absolute Gasteiger partial charge is 0.317 e. The second-order valence-corrected chi connectivity index (χ2v) is 7.83.